The molecule has 0 radical (unpaired) electrons. The molecule has 0 saturated carbocycles. The Morgan fingerprint density at radius 1 is 1.22 bits per heavy atom. The number of thioether (sulfide) groups is 1. The van der Waals surface area contributed by atoms with Crippen LogP contribution in [-0.4, -0.2) is 19.5 Å². The van der Waals surface area contributed by atoms with Gasteiger partial charge in [-0.05, 0) is 54.5 Å². The molecule has 0 aliphatic heterocycles. The first-order valence-corrected chi connectivity index (χ1v) is 8.69. The Hall–Kier alpha value is -2.20. The van der Waals surface area contributed by atoms with Crippen LogP contribution in [0.3, 0.4) is 0 Å². The van der Waals surface area contributed by atoms with Gasteiger partial charge in [0.25, 0.3) is 0 Å². The highest BCUT2D eigenvalue weighted by Crippen LogP contribution is 2.22. The molecular formula is C19H23N3S. The second-order valence-electron chi connectivity index (χ2n) is 5.16. The number of hydrogen-bond acceptors (Lipinski definition) is 4. The van der Waals surface area contributed by atoms with Crippen molar-refractivity contribution >= 4 is 35.6 Å². The quantitative estimate of drug-likeness (QED) is 0.421. The van der Waals surface area contributed by atoms with Gasteiger partial charge in [0.15, 0.2) is 0 Å². The third kappa shape index (κ3) is 5.18. The lowest BCUT2D eigenvalue weighted by Gasteiger charge is -2.08. The Morgan fingerprint density at radius 2 is 1.96 bits per heavy atom. The van der Waals surface area contributed by atoms with Crippen molar-refractivity contribution in [2.45, 2.75) is 12.8 Å². The minimum absolute atomic E-state index is 0.757. The van der Waals surface area contributed by atoms with Gasteiger partial charge in [0.1, 0.15) is 0 Å². The van der Waals surface area contributed by atoms with Crippen LogP contribution in [0.2, 0.25) is 0 Å². The third-order valence-corrected chi connectivity index (χ3v) is 4.48. The second kappa shape index (κ2) is 9.06. The molecule has 0 atom stereocenters. The zero-order valence-electron chi connectivity index (χ0n) is 13.5. The van der Waals surface area contributed by atoms with E-state index in [1.54, 1.807) is 11.8 Å². The molecule has 0 spiro atoms. The number of anilines is 2. The molecule has 2 rings (SSSR count). The van der Waals surface area contributed by atoms with Gasteiger partial charge in [-0.1, -0.05) is 30.3 Å². The molecule has 0 aromatic heterocycles. The minimum atomic E-state index is 0.757. The largest absolute Gasteiger partial charge is 0.399 e. The predicted molar refractivity (Wildman–Crippen MR) is 105 cm³/mol. The normalized spacial score (nSPS) is 11.3. The van der Waals surface area contributed by atoms with Crippen molar-refractivity contribution in [2.24, 2.45) is 4.99 Å². The monoisotopic (exact) mass is 325 g/mol. The van der Waals surface area contributed by atoms with Crippen molar-refractivity contribution in [1.82, 2.24) is 0 Å². The summed E-state index contributed by atoms with van der Waals surface area (Å²) in [6.07, 6.45) is 2.18. The van der Waals surface area contributed by atoms with E-state index in [1.165, 1.54) is 11.3 Å². The van der Waals surface area contributed by atoms with Crippen molar-refractivity contribution in [2.75, 3.05) is 23.9 Å². The van der Waals surface area contributed by atoms with Crippen LogP contribution in [0.1, 0.15) is 17.5 Å². The number of benzene rings is 2. The number of aryl methyl sites for hydroxylation is 1. The number of aliphatic imine (C=N–C) groups is 1. The molecule has 0 aliphatic carbocycles. The second-order valence-corrected chi connectivity index (χ2v) is 6.14. The van der Waals surface area contributed by atoms with Crippen molar-refractivity contribution in [3.8, 4) is 0 Å². The van der Waals surface area contributed by atoms with Crippen molar-refractivity contribution < 1.29 is 0 Å². The van der Waals surface area contributed by atoms with Gasteiger partial charge in [0, 0.05) is 24.0 Å². The van der Waals surface area contributed by atoms with Crippen LogP contribution in [0.5, 0.6) is 0 Å². The van der Waals surface area contributed by atoms with Crippen LogP contribution in [0.25, 0.3) is 5.70 Å². The molecule has 3 N–H and O–H groups in total. The fourth-order valence-electron chi connectivity index (χ4n) is 2.32. The van der Waals surface area contributed by atoms with Gasteiger partial charge in [-0.2, -0.15) is 0 Å². The van der Waals surface area contributed by atoms with E-state index in [2.05, 4.69) is 46.7 Å². The molecule has 4 heteroatoms. The van der Waals surface area contributed by atoms with E-state index in [-0.39, 0.29) is 0 Å². The van der Waals surface area contributed by atoms with Crippen LogP contribution in [0.15, 0.2) is 58.9 Å². The highest BCUT2D eigenvalue weighted by Gasteiger charge is 2.01. The summed E-state index contributed by atoms with van der Waals surface area (Å²) in [4.78, 5) is 4.11. The fourth-order valence-corrected chi connectivity index (χ4v) is 3.11. The SMILES string of the molecule is C=N/C(=C\SCCCc1ccccc1NC)c1ccc(N)cc1. The summed E-state index contributed by atoms with van der Waals surface area (Å²) in [6, 6.07) is 16.1. The van der Waals surface area contributed by atoms with Crippen LogP contribution in [0, 0.1) is 0 Å². The fraction of sp³-hybridized carbons (Fsp3) is 0.211. The third-order valence-electron chi connectivity index (χ3n) is 3.57. The van der Waals surface area contributed by atoms with E-state index in [9.17, 15) is 0 Å². The number of para-hydroxylation sites is 1. The van der Waals surface area contributed by atoms with Gasteiger partial charge in [0.05, 0.1) is 5.70 Å². The first-order chi connectivity index (χ1) is 11.2. The maximum Gasteiger partial charge on any atom is 0.0757 e. The number of hydrogen-bond donors (Lipinski definition) is 2. The highest BCUT2D eigenvalue weighted by atomic mass is 32.2. The summed E-state index contributed by atoms with van der Waals surface area (Å²) in [6.45, 7) is 3.66. The van der Waals surface area contributed by atoms with Crippen LogP contribution >= 0.6 is 11.8 Å². The topological polar surface area (TPSA) is 50.4 Å². The molecule has 120 valence electrons. The summed E-state index contributed by atoms with van der Waals surface area (Å²) in [5.74, 6) is 1.05. The molecule has 2 aromatic carbocycles. The molecular weight excluding hydrogens is 302 g/mol. The average molecular weight is 325 g/mol. The van der Waals surface area contributed by atoms with Crippen LogP contribution in [0.4, 0.5) is 11.4 Å². The van der Waals surface area contributed by atoms with E-state index in [1.807, 2.05) is 31.3 Å². The van der Waals surface area contributed by atoms with E-state index in [0.717, 1.165) is 35.5 Å². The standard InChI is InChI=1S/C19H23N3S/c1-21-18-8-4-3-6-15(18)7-5-13-23-14-19(22-2)16-9-11-17(20)12-10-16/h3-4,6,8-12,14,21H,2,5,7,13,20H2,1H3/b19-14-. The summed E-state index contributed by atoms with van der Waals surface area (Å²) in [5.41, 5.74) is 11.0. The summed E-state index contributed by atoms with van der Waals surface area (Å²) in [7, 11) is 1.96. The molecule has 0 amide bonds. The highest BCUT2D eigenvalue weighted by molar-refractivity contribution is 8.02. The van der Waals surface area contributed by atoms with Gasteiger partial charge >= 0.3 is 0 Å². The lowest BCUT2D eigenvalue weighted by atomic mass is 10.1. The molecule has 3 nitrogen and oxygen atoms in total. The Kier molecular flexibility index (Phi) is 6.76. The van der Waals surface area contributed by atoms with Gasteiger partial charge < -0.3 is 11.1 Å². The molecule has 0 aliphatic rings. The molecule has 0 unspecified atom stereocenters. The van der Waals surface area contributed by atoms with E-state index >= 15 is 0 Å². The maximum atomic E-state index is 5.71. The van der Waals surface area contributed by atoms with E-state index in [4.69, 9.17) is 5.73 Å². The maximum absolute atomic E-state index is 5.71. The Bertz CT molecular complexity index is 663. The Labute approximate surface area is 142 Å². The number of nitrogen functional groups attached to an aromatic ring is 1. The number of nitrogens with zero attached hydrogens (tertiary/aromatic N) is 1. The molecule has 0 bridgehead atoms. The molecule has 23 heavy (non-hydrogen) atoms. The summed E-state index contributed by atoms with van der Waals surface area (Å²) in [5, 5.41) is 5.31. The van der Waals surface area contributed by atoms with Crippen molar-refractivity contribution in [3.05, 3.63) is 65.1 Å². The smallest absolute Gasteiger partial charge is 0.0757 e. The van der Waals surface area contributed by atoms with Gasteiger partial charge in [-0.15, -0.1) is 11.8 Å². The number of nitrogens with two attached hydrogens (primary N) is 1. The predicted octanol–water partition coefficient (Wildman–Crippen LogP) is 4.68. The van der Waals surface area contributed by atoms with Crippen molar-refractivity contribution in [1.29, 1.82) is 0 Å². The first kappa shape index (κ1) is 17.2. The van der Waals surface area contributed by atoms with Gasteiger partial charge in [-0.25, -0.2) is 0 Å². The molecule has 2 aromatic rings. The average Bonchev–Trinajstić information content (AvgIpc) is 2.59. The molecule has 0 heterocycles. The number of rotatable bonds is 8. The molecule has 0 fully saturated rings. The van der Waals surface area contributed by atoms with Crippen molar-refractivity contribution in [3.63, 3.8) is 0 Å². The Balaban J connectivity index is 1.85. The minimum Gasteiger partial charge on any atom is -0.399 e. The Morgan fingerprint density at radius 3 is 2.65 bits per heavy atom. The molecule has 0 saturated heterocycles. The zero-order valence-corrected chi connectivity index (χ0v) is 14.3. The van der Waals surface area contributed by atoms with E-state index in [0.29, 0.717) is 0 Å². The van der Waals surface area contributed by atoms with Crippen LogP contribution < -0.4 is 11.1 Å². The summed E-state index contributed by atoms with van der Waals surface area (Å²) >= 11 is 1.77. The lowest BCUT2D eigenvalue weighted by molar-refractivity contribution is 0.936. The first-order valence-electron chi connectivity index (χ1n) is 7.64. The lowest BCUT2D eigenvalue weighted by Crippen LogP contribution is -1.95. The zero-order chi connectivity index (χ0) is 16.5. The summed E-state index contributed by atoms with van der Waals surface area (Å²) < 4.78 is 0. The van der Waals surface area contributed by atoms with E-state index < -0.39 is 0 Å². The van der Waals surface area contributed by atoms with Gasteiger partial charge in [-0.3, -0.25) is 4.99 Å². The van der Waals surface area contributed by atoms with Crippen LogP contribution in [-0.2, 0) is 6.42 Å². The number of nitrogens with one attached hydrogen (secondary N) is 1. The van der Waals surface area contributed by atoms with Gasteiger partial charge in [0.2, 0.25) is 0 Å².